The maximum Gasteiger partial charge on any atom is 0.0131 e. The first-order chi connectivity index (χ1) is 5.91. The predicted octanol–water partition coefficient (Wildman–Crippen LogP) is 3.12. The molecule has 2 aliphatic rings. The molecule has 2 aliphatic carbocycles. The molecule has 0 nitrogen and oxygen atoms in total. The molecule has 0 N–H and O–H groups in total. The van der Waals surface area contributed by atoms with Crippen LogP contribution in [0.1, 0.15) is 24.3 Å². The van der Waals surface area contributed by atoms with Gasteiger partial charge in [-0.1, -0.05) is 42.5 Å². The van der Waals surface area contributed by atoms with Gasteiger partial charge in [0.25, 0.3) is 0 Å². The van der Waals surface area contributed by atoms with Gasteiger partial charge in [-0.05, 0) is 24.3 Å². The van der Waals surface area contributed by atoms with Crippen molar-refractivity contribution in [3.05, 3.63) is 48.0 Å². The Bertz CT molecular complexity index is 315. The van der Waals surface area contributed by atoms with Crippen LogP contribution in [0.3, 0.4) is 0 Å². The highest BCUT2D eigenvalue weighted by molar-refractivity contribution is 5.41. The number of benzene rings is 1. The molecule has 0 saturated heterocycles. The summed E-state index contributed by atoms with van der Waals surface area (Å²) in [6.07, 6.45) is 7.49. The Morgan fingerprint density at radius 1 is 1.08 bits per heavy atom. The molecule has 0 heterocycles. The molecular weight excluding hydrogens is 144 g/mol. The third kappa shape index (κ3) is 0.726. The van der Waals surface area contributed by atoms with Gasteiger partial charge in [-0.3, -0.25) is 0 Å². The molecule has 1 unspecified atom stereocenters. The van der Waals surface area contributed by atoms with E-state index in [1.807, 2.05) is 0 Å². The molecule has 0 bridgehead atoms. The van der Waals surface area contributed by atoms with Crippen LogP contribution in [-0.4, -0.2) is 0 Å². The lowest BCUT2D eigenvalue weighted by atomic mass is 9.65. The summed E-state index contributed by atoms with van der Waals surface area (Å²) in [6, 6.07) is 10.9. The maximum atomic E-state index is 2.37. The first kappa shape index (κ1) is 6.47. The molecule has 0 aromatic heterocycles. The van der Waals surface area contributed by atoms with E-state index in [9.17, 15) is 0 Å². The minimum Gasteiger partial charge on any atom is -0.0770 e. The monoisotopic (exact) mass is 156 g/mol. The molecule has 12 heavy (non-hydrogen) atoms. The first-order valence-corrected chi connectivity index (χ1v) is 4.66. The standard InChI is InChI=1S/C12H12/c1-2-4-10(5-3-1)11-6-7-12(11)8-9-12/h1-5,8-9,11H,6-7H2. The zero-order valence-corrected chi connectivity index (χ0v) is 7.03. The van der Waals surface area contributed by atoms with Crippen LogP contribution in [0.25, 0.3) is 0 Å². The summed E-state index contributed by atoms with van der Waals surface area (Å²) in [5.41, 5.74) is 2.06. The molecule has 1 spiro atoms. The molecular formula is C12H12. The first-order valence-electron chi connectivity index (χ1n) is 4.66. The van der Waals surface area contributed by atoms with Crippen molar-refractivity contribution in [1.29, 1.82) is 0 Å². The van der Waals surface area contributed by atoms with Gasteiger partial charge in [0.15, 0.2) is 0 Å². The second kappa shape index (κ2) is 2.01. The highest BCUT2D eigenvalue weighted by Crippen LogP contribution is 2.61. The summed E-state index contributed by atoms with van der Waals surface area (Å²) < 4.78 is 0. The van der Waals surface area contributed by atoms with Crippen molar-refractivity contribution in [2.75, 3.05) is 0 Å². The Morgan fingerprint density at radius 3 is 2.33 bits per heavy atom. The molecule has 60 valence electrons. The van der Waals surface area contributed by atoms with E-state index in [-0.39, 0.29) is 0 Å². The van der Waals surface area contributed by atoms with E-state index in [4.69, 9.17) is 0 Å². The van der Waals surface area contributed by atoms with Crippen molar-refractivity contribution < 1.29 is 0 Å². The van der Waals surface area contributed by atoms with Gasteiger partial charge in [-0.15, -0.1) is 0 Å². The van der Waals surface area contributed by atoms with Crippen LogP contribution in [0.15, 0.2) is 42.5 Å². The molecule has 3 rings (SSSR count). The van der Waals surface area contributed by atoms with Crippen molar-refractivity contribution in [2.45, 2.75) is 18.8 Å². The van der Waals surface area contributed by atoms with Gasteiger partial charge < -0.3 is 0 Å². The minimum atomic E-state index is 0.543. The topological polar surface area (TPSA) is 0 Å². The van der Waals surface area contributed by atoms with Gasteiger partial charge in [-0.2, -0.15) is 0 Å². The summed E-state index contributed by atoms with van der Waals surface area (Å²) in [5, 5.41) is 0. The van der Waals surface area contributed by atoms with E-state index in [0.717, 1.165) is 5.92 Å². The third-order valence-electron chi connectivity index (χ3n) is 3.31. The van der Waals surface area contributed by atoms with Gasteiger partial charge in [-0.25, -0.2) is 0 Å². The van der Waals surface area contributed by atoms with Crippen molar-refractivity contribution in [3.8, 4) is 0 Å². The molecule has 0 amide bonds. The molecule has 1 atom stereocenters. The van der Waals surface area contributed by atoms with Crippen LogP contribution in [-0.2, 0) is 0 Å². The Kier molecular flexibility index (Phi) is 1.08. The van der Waals surface area contributed by atoms with Crippen molar-refractivity contribution in [2.24, 2.45) is 5.41 Å². The highest BCUT2D eigenvalue weighted by atomic mass is 14.5. The molecule has 0 heteroatoms. The quantitative estimate of drug-likeness (QED) is 0.548. The normalized spacial score (nSPS) is 28.5. The average Bonchev–Trinajstić information content (AvgIpc) is 2.85. The lowest BCUT2D eigenvalue weighted by Gasteiger charge is -2.38. The van der Waals surface area contributed by atoms with Crippen LogP contribution in [0.2, 0.25) is 0 Å². The fraction of sp³-hybridized carbons (Fsp3) is 0.333. The maximum absolute atomic E-state index is 2.37. The minimum absolute atomic E-state index is 0.543. The summed E-state index contributed by atoms with van der Waals surface area (Å²) in [5.74, 6) is 0.804. The van der Waals surface area contributed by atoms with Gasteiger partial charge in [0, 0.05) is 5.41 Å². The third-order valence-corrected chi connectivity index (χ3v) is 3.31. The Balaban J connectivity index is 1.91. The second-order valence-electron chi connectivity index (χ2n) is 3.95. The van der Waals surface area contributed by atoms with Crippen LogP contribution >= 0.6 is 0 Å². The molecule has 0 radical (unpaired) electrons. The van der Waals surface area contributed by atoms with Crippen molar-refractivity contribution in [3.63, 3.8) is 0 Å². The lowest BCUT2D eigenvalue weighted by molar-refractivity contribution is 0.262. The van der Waals surface area contributed by atoms with Gasteiger partial charge in [0.1, 0.15) is 0 Å². The number of hydrogen-bond acceptors (Lipinski definition) is 0. The van der Waals surface area contributed by atoms with Crippen LogP contribution in [0.4, 0.5) is 0 Å². The molecule has 1 aromatic carbocycles. The molecule has 1 saturated carbocycles. The van der Waals surface area contributed by atoms with E-state index in [1.165, 1.54) is 18.4 Å². The van der Waals surface area contributed by atoms with Crippen molar-refractivity contribution in [1.82, 2.24) is 0 Å². The van der Waals surface area contributed by atoms with E-state index in [0.29, 0.717) is 5.41 Å². The number of rotatable bonds is 1. The molecule has 0 aliphatic heterocycles. The zero-order chi connectivity index (χ0) is 8.02. The summed E-state index contributed by atoms with van der Waals surface area (Å²) in [6.45, 7) is 0. The fourth-order valence-corrected chi connectivity index (χ4v) is 2.29. The van der Waals surface area contributed by atoms with E-state index in [2.05, 4.69) is 42.5 Å². The van der Waals surface area contributed by atoms with E-state index < -0.39 is 0 Å². The zero-order valence-electron chi connectivity index (χ0n) is 7.03. The summed E-state index contributed by atoms with van der Waals surface area (Å²) >= 11 is 0. The lowest BCUT2D eigenvalue weighted by Crippen LogP contribution is -2.26. The predicted molar refractivity (Wildman–Crippen MR) is 50.0 cm³/mol. The van der Waals surface area contributed by atoms with Gasteiger partial charge in [0.2, 0.25) is 0 Å². The average molecular weight is 156 g/mol. The Labute approximate surface area is 72.9 Å². The van der Waals surface area contributed by atoms with Crippen molar-refractivity contribution >= 4 is 0 Å². The smallest absolute Gasteiger partial charge is 0.0131 e. The largest absolute Gasteiger partial charge is 0.0770 e. The molecule has 1 aromatic rings. The number of hydrogen-bond donors (Lipinski definition) is 0. The Morgan fingerprint density at radius 2 is 1.83 bits per heavy atom. The van der Waals surface area contributed by atoms with Crippen LogP contribution in [0, 0.1) is 5.41 Å². The summed E-state index contributed by atoms with van der Waals surface area (Å²) in [4.78, 5) is 0. The van der Waals surface area contributed by atoms with E-state index in [1.54, 1.807) is 0 Å². The van der Waals surface area contributed by atoms with Gasteiger partial charge >= 0.3 is 0 Å². The molecule has 1 fully saturated rings. The van der Waals surface area contributed by atoms with E-state index >= 15 is 0 Å². The second-order valence-corrected chi connectivity index (χ2v) is 3.95. The Hall–Kier alpha value is -1.04. The van der Waals surface area contributed by atoms with Gasteiger partial charge in [0.05, 0.1) is 0 Å². The fourth-order valence-electron chi connectivity index (χ4n) is 2.29. The summed E-state index contributed by atoms with van der Waals surface area (Å²) in [7, 11) is 0. The SMILES string of the molecule is C1=CC12CCC2c1ccccc1. The van der Waals surface area contributed by atoms with Crippen LogP contribution < -0.4 is 0 Å². The highest BCUT2D eigenvalue weighted by Gasteiger charge is 2.49. The number of allylic oxidation sites excluding steroid dienone is 2. The van der Waals surface area contributed by atoms with Crippen LogP contribution in [0.5, 0.6) is 0 Å².